The highest BCUT2D eigenvalue weighted by Crippen LogP contribution is 2.50. The normalized spacial score (nSPS) is 13.1. The SMILES string of the molecule is Cc1ccccc1N1B(c2c(-c3ccccc3)cccc2-c2ccccc2)N(c2ccccc2)c2ccc[n+](C)c21.Cc1ccccc1N1B(c2c(C(C)C)cccc2C(C)C)N(C)c2ccc[n+](C)c21.Cc1ccccc1N1B(c2c(C(C)C)cccc2C(C)C)N(c2ccccc2)c2ccc[n+](C)c21.Cc1ccccc1N1B(c2c(C)cccc2C)N(C)c2ccc[n+](C)c21. The summed E-state index contributed by atoms with van der Waals surface area (Å²) in [6.07, 6.45) is 8.59. The fourth-order valence-electron chi connectivity index (χ4n) is 20.9. The molecule has 4 aliphatic heterocycles. The van der Waals surface area contributed by atoms with Crippen molar-refractivity contribution >= 4 is 130 Å². The molecule has 0 radical (unpaired) electrons. The predicted molar refractivity (Wildman–Crippen MR) is 562 cm³/mol. The maximum Gasteiger partial charge on any atom is 0.543 e. The van der Waals surface area contributed by atoms with Crippen molar-refractivity contribution < 1.29 is 18.3 Å². The molecule has 16 aromatic rings. The van der Waals surface area contributed by atoms with Gasteiger partial charge in [0.15, 0.2) is 0 Å². The first-order chi connectivity index (χ1) is 63.9. The number of aromatic nitrogens is 4. The molecule has 0 unspecified atom stereocenters. The molecule has 0 fully saturated rings. The lowest BCUT2D eigenvalue weighted by Gasteiger charge is -2.30. The van der Waals surface area contributed by atoms with Gasteiger partial charge in [-0.25, -0.2) is 18.3 Å². The minimum atomic E-state index is -0.145. The molecule has 16 heteroatoms. The van der Waals surface area contributed by atoms with Gasteiger partial charge in [0.2, 0.25) is 0 Å². The summed E-state index contributed by atoms with van der Waals surface area (Å²) < 4.78 is 9.01. The monoisotopic (exact) mass is 1730 g/mol. The third kappa shape index (κ3) is 16.8. The number of rotatable bonds is 16. The number of fused-ring (bicyclic) bond motifs is 4. The fraction of sp³-hybridized carbons (Fsp3) is 0.207. The second kappa shape index (κ2) is 38.5. The Bertz CT molecular complexity index is 6700. The molecule has 0 saturated carbocycles. The summed E-state index contributed by atoms with van der Waals surface area (Å²) in [6, 6.07) is 123. The summed E-state index contributed by atoms with van der Waals surface area (Å²) in [5.41, 5.74) is 36.1. The summed E-state index contributed by atoms with van der Waals surface area (Å²) in [6.45, 7) is 31.9. The minimum Gasteiger partial charge on any atom is -0.366 e. The van der Waals surface area contributed by atoms with Crippen molar-refractivity contribution in [3.8, 4) is 22.3 Å². The van der Waals surface area contributed by atoms with Crippen LogP contribution in [0.3, 0.4) is 0 Å². The molecular weight excluding hydrogens is 1600 g/mol. The van der Waals surface area contributed by atoms with Crippen molar-refractivity contribution in [2.45, 2.75) is 121 Å². The van der Waals surface area contributed by atoms with Gasteiger partial charge in [0.1, 0.15) is 45.5 Å². The molecule has 8 heterocycles. The van der Waals surface area contributed by atoms with Gasteiger partial charge in [0.05, 0.1) is 53.0 Å². The molecule has 20 rings (SSSR count). The van der Waals surface area contributed by atoms with Crippen LogP contribution in [-0.4, -0.2) is 42.0 Å². The topological polar surface area (TPSA) is 41.4 Å². The van der Waals surface area contributed by atoms with Crippen LogP contribution in [0.4, 0.5) is 80.1 Å². The molecular formula is C116H124B4N12+4. The molecule has 132 heavy (non-hydrogen) atoms. The van der Waals surface area contributed by atoms with Gasteiger partial charge >= 0.3 is 27.9 Å². The number of para-hydroxylation sites is 6. The summed E-state index contributed by atoms with van der Waals surface area (Å²) in [4.78, 5) is 20.0. The lowest BCUT2D eigenvalue weighted by Crippen LogP contribution is -2.57. The molecule has 656 valence electrons. The van der Waals surface area contributed by atoms with Crippen molar-refractivity contribution in [3.05, 3.63) is 420 Å². The number of nitrogens with zero attached hydrogens (tertiary/aromatic N) is 12. The van der Waals surface area contributed by atoms with Crippen molar-refractivity contribution in [1.82, 2.24) is 0 Å². The number of anilines is 14. The predicted octanol–water partition coefficient (Wildman–Crippen LogP) is 23.1. The smallest absolute Gasteiger partial charge is 0.366 e. The van der Waals surface area contributed by atoms with E-state index in [0.717, 1.165) is 11.5 Å². The lowest BCUT2D eigenvalue weighted by atomic mass is 9.58. The molecule has 0 spiro atoms. The molecule has 12 aromatic carbocycles. The van der Waals surface area contributed by atoms with E-state index in [2.05, 4.69) is 560 Å². The van der Waals surface area contributed by atoms with Crippen molar-refractivity contribution in [1.29, 1.82) is 0 Å². The van der Waals surface area contributed by atoms with Crippen LogP contribution in [-0.2, 0) is 28.2 Å². The van der Waals surface area contributed by atoms with Crippen LogP contribution in [0, 0.1) is 41.5 Å². The van der Waals surface area contributed by atoms with E-state index in [9.17, 15) is 0 Å². The minimum absolute atomic E-state index is 0.00176. The standard InChI is InChI=1S/C37H31BN3.C31H35BN3.C26H33BN3.C22H25BN3/c1-28-16-12-13-25-34(28)41-37-35(26-15-27-39(37)2)40(31-21-10-5-11-22-31)38(41)36-32(29-17-6-3-7-18-29)23-14-24-33(36)30-19-8-4-9-20-30;1-22(2)26-17-12-18-27(23(3)4)30(26)32-34(25-15-8-7-9-16-25)29-20-13-21-33(6)31(29)35(32)28-19-11-10-14-24(28)5;1-18(2)21-13-10-14-22(19(3)4)25(21)27-29(7)24-16-11-17-28(6)26(24)30(27)23-15-9-8-12-20(23)5;1-16-10-6-7-13-19(16)26-22-20(14-9-15-24(22)4)25(5)23(26)21-17(2)11-8-12-18(21)3/h3-27H,1-2H3;7-23H,1-6H3;8-19H,1-7H3;6-15H,1-5H3/q4*+1. The van der Waals surface area contributed by atoms with E-state index in [1.54, 1.807) is 0 Å². The Labute approximate surface area is 786 Å². The van der Waals surface area contributed by atoms with Gasteiger partial charge < -0.3 is 19.2 Å². The molecule has 4 aliphatic rings. The second-order valence-electron chi connectivity index (χ2n) is 37.2. The highest BCUT2D eigenvalue weighted by atomic mass is 15.4. The fourth-order valence-corrected chi connectivity index (χ4v) is 20.9. The summed E-state index contributed by atoms with van der Waals surface area (Å²) in [5.74, 6) is 6.60. The summed E-state index contributed by atoms with van der Waals surface area (Å²) in [7, 11) is 13.0. The Morgan fingerprint density at radius 3 is 0.758 bits per heavy atom. The zero-order chi connectivity index (χ0) is 92.4. The maximum atomic E-state index is 2.56. The highest BCUT2D eigenvalue weighted by molar-refractivity contribution is 6.87. The molecule has 12 nitrogen and oxygen atoms in total. The largest absolute Gasteiger partial charge is 0.543 e. The molecule has 0 saturated heterocycles. The van der Waals surface area contributed by atoms with Gasteiger partial charge in [-0.2, -0.15) is 0 Å². The van der Waals surface area contributed by atoms with Crippen LogP contribution in [0.15, 0.2) is 365 Å². The third-order valence-corrected chi connectivity index (χ3v) is 27.2. The van der Waals surface area contributed by atoms with Crippen LogP contribution < -0.4 is 78.6 Å². The molecule has 4 aromatic heterocycles. The van der Waals surface area contributed by atoms with Crippen LogP contribution in [0.25, 0.3) is 22.3 Å². The Hall–Kier alpha value is -14.1. The quantitative estimate of drug-likeness (QED) is 0.0700. The van der Waals surface area contributed by atoms with Crippen molar-refractivity contribution in [2.24, 2.45) is 28.2 Å². The molecule has 0 amide bonds. The zero-order valence-corrected chi connectivity index (χ0v) is 80.6. The van der Waals surface area contributed by atoms with Crippen LogP contribution in [0.2, 0.25) is 0 Å². The van der Waals surface area contributed by atoms with Gasteiger partial charge in [-0.1, -0.05) is 298 Å². The third-order valence-electron chi connectivity index (χ3n) is 27.2. The molecule has 0 N–H and O–H groups in total. The van der Waals surface area contributed by atoms with Gasteiger partial charge in [-0.05, 0) is 254 Å². The number of benzene rings is 12. The first kappa shape index (κ1) is 89.9. The van der Waals surface area contributed by atoms with E-state index in [-0.39, 0.29) is 27.9 Å². The van der Waals surface area contributed by atoms with E-state index in [0.29, 0.717) is 23.7 Å². The van der Waals surface area contributed by atoms with E-state index in [1.807, 2.05) is 0 Å². The van der Waals surface area contributed by atoms with Crippen LogP contribution in [0.1, 0.15) is 135 Å². The van der Waals surface area contributed by atoms with Gasteiger partial charge in [-0.3, -0.25) is 19.2 Å². The summed E-state index contributed by atoms with van der Waals surface area (Å²) in [5, 5.41) is 0. The summed E-state index contributed by atoms with van der Waals surface area (Å²) >= 11 is 0. The van der Waals surface area contributed by atoms with Crippen molar-refractivity contribution in [2.75, 3.05) is 52.6 Å². The Kier molecular flexibility index (Phi) is 26.2. The van der Waals surface area contributed by atoms with E-state index < -0.39 is 0 Å². The Morgan fingerprint density at radius 1 is 0.205 bits per heavy atom. The van der Waals surface area contributed by atoms with E-state index in [4.69, 9.17) is 0 Å². The van der Waals surface area contributed by atoms with Crippen LogP contribution >= 0.6 is 0 Å². The maximum absolute atomic E-state index is 2.56. The highest BCUT2D eigenvalue weighted by Gasteiger charge is 2.58. The van der Waals surface area contributed by atoms with Crippen molar-refractivity contribution in [3.63, 3.8) is 0 Å². The van der Waals surface area contributed by atoms with Gasteiger partial charge in [0.25, 0.3) is 23.3 Å². The molecule has 0 aliphatic carbocycles. The van der Waals surface area contributed by atoms with E-state index in [1.165, 1.54) is 168 Å². The van der Waals surface area contributed by atoms with Gasteiger partial charge in [-0.15, -0.1) is 0 Å². The van der Waals surface area contributed by atoms with E-state index >= 15 is 0 Å². The second-order valence-corrected chi connectivity index (χ2v) is 37.2. The van der Waals surface area contributed by atoms with Gasteiger partial charge in [0, 0.05) is 33.2 Å². The molecule has 0 bridgehead atoms. The number of hydrogen-bond donors (Lipinski definition) is 0. The number of pyridine rings is 4. The first-order valence-electron chi connectivity index (χ1n) is 47.0. The first-order valence-corrected chi connectivity index (χ1v) is 47.0. The number of hydrogen-bond acceptors (Lipinski definition) is 8. The Balaban J connectivity index is 0.000000125. The average molecular weight is 1730 g/mol. The average Bonchev–Trinajstić information content (AvgIpc) is 1.57. The van der Waals surface area contributed by atoms with Crippen LogP contribution in [0.5, 0.6) is 0 Å². The lowest BCUT2D eigenvalue weighted by molar-refractivity contribution is -0.657. The molecule has 0 atom stereocenters. The number of aryl methyl sites for hydroxylation is 10. The zero-order valence-electron chi connectivity index (χ0n) is 80.6. The Morgan fingerprint density at radius 2 is 0.439 bits per heavy atom.